The highest BCUT2D eigenvalue weighted by Crippen LogP contribution is 2.25. The molecule has 4 nitrogen and oxygen atoms in total. The van der Waals surface area contributed by atoms with Crippen LogP contribution in [0, 0.1) is 0 Å². The molecule has 1 aromatic rings. The Bertz CT molecular complexity index is 395. The smallest absolute Gasteiger partial charge is 0.0931 e. The summed E-state index contributed by atoms with van der Waals surface area (Å²) in [5.74, 6) is 0. The summed E-state index contributed by atoms with van der Waals surface area (Å²) in [5, 5.41) is 0. The fourth-order valence-electron chi connectivity index (χ4n) is 2.76. The average Bonchev–Trinajstić information content (AvgIpc) is 2.50. The lowest BCUT2D eigenvalue weighted by Gasteiger charge is -2.39. The van der Waals surface area contributed by atoms with Crippen LogP contribution in [0.3, 0.4) is 0 Å². The second-order valence-electron chi connectivity index (χ2n) is 5.93. The van der Waals surface area contributed by atoms with Crippen LogP contribution in [-0.4, -0.2) is 57.6 Å². The molecule has 1 aromatic carbocycles. The molecule has 1 unspecified atom stereocenters. The van der Waals surface area contributed by atoms with Gasteiger partial charge in [0.15, 0.2) is 0 Å². The zero-order chi connectivity index (χ0) is 15.6. The highest BCUT2D eigenvalue weighted by molar-refractivity contribution is 5.13. The van der Waals surface area contributed by atoms with E-state index in [-0.39, 0.29) is 6.10 Å². The topological polar surface area (TPSA) is 30.9 Å². The number of ether oxygens (including phenoxy) is 3. The van der Waals surface area contributed by atoms with Gasteiger partial charge in [-0.25, -0.2) is 0 Å². The van der Waals surface area contributed by atoms with E-state index in [1.165, 1.54) is 24.8 Å². The van der Waals surface area contributed by atoms with E-state index in [2.05, 4.69) is 17.0 Å². The van der Waals surface area contributed by atoms with Crippen LogP contribution in [0.2, 0.25) is 0 Å². The molecule has 0 heterocycles. The first-order valence-corrected chi connectivity index (χ1v) is 8.21. The van der Waals surface area contributed by atoms with Gasteiger partial charge in [-0.15, -0.1) is 0 Å². The third-order valence-corrected chi connectivity index (χ3v) is 4.35. The standard InChI is InChI=1S/C18H29NO3/c1-20-15-18(21-2)13-19(17-9-6-10-17)11-12-22-14-16-7-4-3-5-8-16/h3-5,7-8,17-18H,6,9-15H2,1-2H3. The third kappa shape index (κ3) is 5.69. The minimum Gasteiger partial charge on any atom is -0.382 e. The maximum absolute atomic E-state index is 5.83. The fourth-order valence-corrected chi connectivity index (χ4v) is 2.76. The quantitative estimate of drug-likeness (QED) is 0.588. The van der Waals surface area contributed by atoms with Crippen LogP contribution in [0.15, 0.2) is 30.3 Å². The summed E-state index contributed by atoms with van der Waals surface area (Å²) >= 11 is 0. The van der Waals surface area contributed by atoms with Gasteiger partial charge in [-0.1, -0.05) is 36.8 Å². The molecule has 0 spiro atoms. The van der Waals surface area contributed by atoms with Gasteiger partial charge in [0, 0.05) is 33.4 Å². The molecule has 0 radical (unpaired) electrons. The zero-order valence-corrected chi connectivity index (χ0v) is 13.9. The Morgan fingerprint density at radius 1 is 1.18 bits per heavy atom. The molecule has 0 aliphatic heterocycles. The Labute approximate surface area is 134 Å². The van der Waals surface area contributed by atoms with E-state index in [1.807, 2.05) is 18.2 Å². The molecule has 2 rings (SSSR count). The fraction of sp³-hybridized carbons (Fsp3) is 0.667. The highest BCUT2D eigenvalue weighted by Gasteiger charge is 2.26. The van der Waals surface area contributed by atoms with Crippen LogP contribution < -0.4 is 0 Å². The van der Waals surface area contributed by atoms with Crippen molar-refractivity contribution in [3.63, 3.8) is 0 Å². The Morgan fingerprint density at radius 2 is 1.95 bits per heavy atom. The van der Waals surface area contributed by atoms with Gasteiger partial charge in [-0.3, -0.25) is 4.90 Å². The molecule has 0 amide bonds. The van der Waals surface area contributed by atoms with Crippen molar-refractivity contribution >= 4 is 0 Å². The zero-order valence-electron chi connectivity index (χ0n) is 13.9. The summed E-state index contributed by atoms with van der Waals surface area (Å²) in [5.41, 5.74) is 1.23. The van der Waals surface area contributed by atoms with E-state index in [0.717, 1.165) is 19.7 Å². The van der Waals surface area contributed by atoms with Gasteiger partial charge in [-0.2, -0.15) is 0 Å². The van der Waals surface area contributed by atoms with Gasteiger partial charge < -0.3 is 14.2 Å². The Hall–Kier alpha value is -0.940. The van der Waals surface area contributed by atoms with Crippen LogP contribution in [-0.2, 0) is 20.8 Å². The third-order valence-electron chi connectivity index (χ3n) is 4.35. The molecule has 0 N–H and O–H groups in total. The van der Waals surface area contributed by atoms with Crippen molar-refractivity contribution < 1.29 is 14.2 Å². The highest BCUT2D eigenvalue weighted by atomic mass is 16.5. The number of hydrogen-bond donors (Lipinski definition) is 0. The second kappa shape index (κ2) is 9.95. The van der Waals surface area contributed by atoms with Crippen LogP contribution in [0.5, 0.6) is 0 Å². The first kappa shape index (κ1) is 17.4. The predicted molar refractivity (Wildman–Crippen MR) is 88.0 cm³/mol. The van der Waals surface area contributed by atoms with E-state index in [9.17, 15) is 0 Å². The second-order valence-corrected chi connectivity index (χ2v) is 5.93. The van der Waals surface area contributed by atoms with Crippen LogP contribution in [0.1, 0.15) is 24.8 Å². The lowest BCUT2D eigenvalue weighted by atomic mass is 9.91. The molecule has 4 heteroatoms. The van der Waals surface area contributed by atoms with Crippen molar-refractivity contribution in [2.75, 3.05) is 40.5 Å². The number of hydrogen-bond acceptors (Lipinski definition) is 4. The van der Waals surface area contributed by atoms with Crippen molar-refractivity contribution in [1.29, 1.82) is 0 Å². The van der Waals surface area contributed by atoms with E-state index < -0.39 is 0 Å². The van der Waals surface area contributed by atoms with Crippen molar-refractivity contribution in [2.24, 2.45) is 0 Å². The van der Waals surface area contributed by atoms with Gasteiger partial charge in [0.05, 0.1) is 25.9 Å². The van der Waals surface area contributed by atoms with E-state index in [1.54, 1.807) is 14.2 Å². The summed E-state index contributed by atoms with van der Waals surface area (Å²) in [4.78, 5) is 2.50. The molecule has 0 aromatic heterocycles. The molecule has 1 fully saturated rings. The van der Waals surface area contributed by atoms with E-state index >= 15 is 0 Å². The minimum absolute atomic E-state index is 0.139. The van der Waals surface area contributed by atoms with E-state index in [4.69, 9.17) is 14.2 Å². The largest absolute Gasteiger partial charge is 0.382 e. The number of methoxy groups -OCH3 is 2. The lowest BCUT2D eigenvalue weighted by molar-refractivity contribution is -0.0207. The van der Waals surface area contributed by atoms with Gasteiger partial charge in [0.2, 0.25) is 0 Å². The Balaban J connectivity index is 1.72. The summed E-state index contributed by atoms with van der Waals surface area (Å²) in [6, 6.07) is 11.0. The van der Waals surface area contributed by atoms with Crippen molar-refractivity contribution in [2.45, 2.75) is 38.0 Å². The van der Waals surface area contributed by atoms with Crippen LogP contribution in [0.25, 0.3) is 0 Å². The molecule has 22 heavy (non-hydrogen) atoms. The molecule has 124 valence electrons. The normalized spacial score (nSPS) is 16.7. The number of nitrogens with zero attached hydrogens (tertiary/aromatic N) is 1. The maximum atomic E-state index is 5.83. The number of rotatable bonds is 11. The molecule has 1 aliphatic rings. The van der Waals surface area contributed by atoms with Gasteiger partial charge in [-0.05, 0) is 18.4 Å². The summed E-state index contributed by atoms with van der Waals surface area (Å²) < 4.78 is 16.6. The Kier molecular flexibility index (Phi) is 7.88. The SMILES string of the molecule is COCC(CN(CCOCc1ccccc1)C1CCC1)OC. The van der Waals surface area contributed by atoms with E-state index in [0.29, 0.717) is 19.3 Å². The van der Waals surface area contributed by atoms with Crippen LogP contribution >= 0.6 is 0 Å². The molecule has 0 bridgehead atoms. The summed E-state index contributed by atoms with van der Waals surface area (Å²) in [6.07, 6.45) is 4.07. The van der Waals surface area contributed by atoms with Crippen molar-refractivity contribution in [3.05, 3.63) is 35.9 Å². The molecular formula is C18H29NO3. The van der Waals surface area contributed by atoms with Gasteiger partial charge >= 0.3 is 0 Å². The summed E-state index contributed by atoms with van der Waals surface area (Å²) in [6.45, 7) is 3.97. The molecular weight excluding hydrogens is 278 g/mol. The van der Waals surface area contributed by atoms with Crippen LogP contribution in [0.4, 0.5) is 0 Å². The molecule has 0 saturated heterocycles. The maximum Gasteiger partial charge on any atom is 0.0931 e. The average molecular weight is 307 g/mol. The molecule has 1 saturated carbocycles. The monoisotopic (exact) mass is 307 g/mol. The molecule has 1 aliphatic carbocycles. The van der Waals surface area contributed by atoms with Crippen molar-refractivity contribution in [1.82, 2.24) is 4.90 Å². The first-order chi connectivity index (χ1) is 10.8. The minimum atomic E-state index is 0.139. The summed E-state index contributed by atoms with van der Waals surface area (Å²) in [7, 11) is 3.48. The number of benzene rings is 1. The molecule has 1 atom stereocenters. The van der Waals surface area contributed by atoms with Crippen molar-refractivity contribution in [3.8, 4) is 0 Å². The Morgan fingerprint density at radius 3 is 2.55 bits per heavy atom. The predicted octanol–water partition coefficient (Wildman–Crippen LogP) is 2.72. The first-order valence-electron chi connectivity index (χ1n) is 8.21. The van der Waals surface area contributed by atoms with Gasteiger partial charge in [0.25, 0.3) is 0 Å². The van der Waals surface area contributed by atoms with Gasteiger partial charge in [0.1, 0.15) is 0 Å². The lowest BCUT2D eigenvalue weighted by Crippen LogP contribution is -2.47.